The molecule has 2 aromatic rings. The Morgan fingerprint density at radius 2 is 1.91 bits per heavy atom. The van der Waals surface area contributed by atoms with E-state index in [1.807, 2.05) is 39.1 Å². The smallest absolute Gasteiger partial charge is 0.227 e. The monoisotopic (exact) mass is 449 g/mol. The van der Waals surface area contributed by atoms with E-state index in [9.17, 15) is 4.79 Å². The van der Waals surface area contributed by atoms with E-state index in [-0.39, 0.29) is 11.8 Å². The Balaban J connectivity index is 1.47. The number of piperidine rings is 1. The molecule has 0 bridgehead atoms. The lowest BCUT2D eigenvalue weighted by molar-refractivity contribution is -0.119. The van der Waals surface area contributed by atoms with Crippen LogP contribution in [0.4, 0.5) is 5.69 Å². The molecule has 6 nitrogen and oxygen atoms in total. The lowest BCUT2D eigenvalue weighted by Gasteiger charge is -2.38. The highest BCUT2D eigenvalue weighted by molar-refractivity contribution is 5.92. The van der Waals surface area contributed by atoms with Gasteiger partial charge in [0.2, 0.25) is 5.91 Å². The Morgan fingerprint density at radius 3 is 2.61 bits per heavy atom. The van der Waals surface area contributed by atoms with Gasteiger partial charge < -0.3 is 16.0 Å². The SMILES string of the molecule is CCC(C)C(=O)Nc1cccc(CNC(=NC)NC2CCN(Cc3ccccc3)C(C)C2)c1. The Labute approximate surface area is 198 Å². The van der Waals surface area contributed by atoms with Crippen molar-refractivity contribution in [1.82, 2.24) is 15.5 Å². The van der Waals surface area contributed by atoms with E-state index in [0.717, 1.165) is 49.6 Å². The van der Waals surface area contributed by atoms with E-state index in [2.05, 4.69) is 69.2 Å². The number of hydrogen-bond acceptors (Lipinski definition) is 3. The van der Waals surface area contributed by atoms with Gasteiger partial charge in [0, 0.05) is 50.4 Å². The van der Waals surface area contributed by atoms with Crippen LogP contribution in [-0.4, -0.2) is 42.4 Å². The molecule has 1 saturated heterocycles. The Kier molecular flexibility index (Phi) is 9.31. The molecule has 1 fully saturated rings. The van der Waals surface area contributed by atoms with Crippen LogP contribution in [0.2, 0.25) is 0 Å². The lowest BCUT2D eigenvalue weighted by atomic mass is 9.97. The van der Waals surface area contributed by atoms with Crippen LogP contribution in [0.15, 0.2) is 59.6 Å². The van der Waals surface area contributed by atoms with Gasteiger partial charge in [-0.1, -0.05) is 56.3 Å². The number of guanidine groups is 1. The number of nitrogens with zero attached hydrogens (tertiary/aromatic N) is 2. The van der Waals surface area contributed by atoms with Gasteiger partial charge in [-0.2, -0.15) is 0 Å². The van der Waals surface area contributed by atoms with Crippen molar-refractivity contribution in [3.05, 3.63) is 65.7 Å². The van der Waals surface area contributed by atoms with Gasteiger partial charge in [0.05, 0.1) is 0 Å². The maximum absolute atomic E-state index is 12.2. The van der Waals surface area contributed by atoms with Crippen LogP contribution in [-0.2, 0) is 17.9 Å². The molecule has 0 radical (unpaired) electrons. The molecule has 0 aliphatic carbocycles. The molecule has 0 aromatic heterocycles. The summed E-state index contributed by atoms with van der Waals surface area (Å²) in [6.07, 6.45) is 3.01. The largest absolute Gasteiger partial charge is 0.354 e. The van der Waals surface area contributed by atoms with Crippen molar-refractivity contribution in [2.75, 3.05) is 18.9 Å². The van der Waals surface area contributed by atoms with Crippen LogP contribution in [0.25, 0.3) is 0 Å². The normalized spacial score (nSPS) is 20.2. The number of likely N-dealkylation sites (tertiary alicyclic amines) is 1. The van der Waals surface area contributed by atoms with Crippen molar-refractivity contribution in [2.24, 2.45) is 10.9 Å². The number of anilines is 1. The zero-order valence-corrected chi connectivity index (χ0v) is 20.5. The molecule has 1 aliphatic rings. The minimum Gasteiger partial charge on any atom is -0.354 e. The molecule has 3 N–H and O–H groups in total. The fraction of sp³-hybridized carbons (Fsp3) is 0.481. The zero-order chi connectivity index (χ0) is 23.6. The van der Waals surface area contributed by atoms with Crippen LogP contribution < -0.4 is 16.0 Å². The Bertz CT molecular complexity index is 914. The van der Waals surface area contributed by atoms with Gasteiger partial charge in [-0.25, -0.2) is 0 Å². The average molecular weight is 450 g/mol. The van der Waals surface area contributed by atoms with E-state index in [4.69, 9.17) is 0 Å². The third-order valence-corrected chi connectivity index (χ3v) is 6.52. The number of rotatable bonds is 8. The molecule has 33 heavy (non-hydrogen) atoms. The predicted octanol–water partition coefficient (Wildman–Crippen LogP) is 4.39. The van der Waals surface area contributed by atoms with E-state index in [0.29, 0.717) is 18.6 Å². The molecule has 0 spiro atoms. The number of amides is 1. The lowest BCUT2D eigenvalue weighted by Crippen LogP contribution is -2.51. The third-order valence-electron chi connectivity index (χ3n) is 6.52. The molecule has 1 aliphatic heterocycles. The number of nitrogens with one attached hydrogen (secondary N) is 3. The summed E-state index contributed by atoms with van der Waals surface area (Å²) < 4.78 is 0. The van der Waals surface area contributed by atoms with Crippen molar-refractivity contribution in [3.63, 3.8) is 0 Å². The fourth-order valence-electron chi connectivity index (χ4n) is 4.19. The summed E-state index contributed by atoms with van der Waals surface area (Å²) in [5.41, 5.74) is 3.31. The first kappa shape index (κ1) is 24.8. The van der Waals surface area contributed by atoms with Gasteiger partial charge >= 0.3 is 0 Å². The first-order valence-corrected chi connectivity index (χ1v) is 12.1. The standard InChI is InChI=1S/C27H39N5O/c1-5-20(2)26(33)30-24-13-9-12-23(17-24)18-29-27(28-4)31-25-14-15-32(21(3)16-25)19-22-10-7-6-8-11-22/h6-13,17,20-21,25H,5,14-16,18-19H2,1-4H3,(H,30,33)(H2,28,29,31). The van der Waals surface area contributed by atoms with Crippen LogP contribution in [0, 0.1) is 5.92 Å². The number of hydrogen-bond donors (Lipinski definition) is 3. The van der Waals surface area contributed by atoms with Gasteiger partial charge in [0.25, 0.3) is 0 Å². The summed E-state index contributed by atoms with van der Waals surface area (Å²) in [6.45, 7) is 9.01. The second kappa shape index (κ2) is 12.4. The highest BCUT2D eigenvalue weighted by Gasteiger charge is 2.26. The third kappa shape index (κ3) is 7.60. The topological polar surface area (TPSA) is 68.8 Å². The summed E-state index contributed by atoms with van der Waals surface area (Å²) in [7, 11) is 1.81. The van der Waals surface area contributed by atoms with Gasteiger partial charge in [0.15, 0.2) is 5.96 Å². The summed E-state index contributed by atoms with van der Waals surface area (Å²) in [4.78, 5) is 19.2. The Hall–Kier alpha value is -2.86. The number of carbonyl (C=O) groups excluding carboxylic acids is 1. The molecule has 3 atom stereocenters. The zero-order valence-electron chi connectivity index (χ0n) is 20.5. The molecule has 6 heteroatoms. The number of aliphatic imine (C=N–C) groups is 1. The minimum atomic E-state index is 0.0105. The van der Waals surface area contributed by atoms with Crippen molar-refractivity contribution >= 4 is 17.6 Å². The van der Waals surface area contributed by atoms with Gasteiger partial charge in [-0.3, -0.25) is 14.7 Å². The second-order valence-corrected chi connectivity index (χ2v) is 9.10. The van der Waals surface area contributed by atoms with E-state index >= 15 is 0 Å². The predicted molar refractivity (Wildman–Crippen MR) is 137 cm³/mol. The quantitative estimate of drug-likeness (QED) is 0.413. The molecule has 178 valence electrons. The number of carbonyl (C=O) groups is 1. The van der Waals surface area contributed by atoms with E-state index in [1.165, 1.54) is 5.56 Å². The molecule has 1 amide bonds. The van der Waals surface area contributed by atoms with Crippen LogP contribution >= 0.6 is 0 Å². The first-order chi connectivity index (χ1) is 16.0. The molecular weight excluding hydrogens is 410 g/mol. The van der Waals surface area contributed by atoms with Crippen LogP contribution in [0.5, 0.6) is 0 Å². The minimum absolute atomic E-state index is 0.0105. The van der Waals surface area contributed by atoms with Crippen molar-refractivity contribution in [3.8, 4) is 0 Å². The molecule has 0 saturated carbocycles. The maximum Gasteiger partial charge on any atom is 0.227 e. The Morgan fingerprint density at radius 1 is 1.15 bits per heavy atom. The molecule has 3 unspecified atom stereocenters. The molecular formula is C27H39N5O. The highest BCUT2D eigenvalue weighted by Crippen LogP contribution is 2.20. The summed E-state index contributed by atoms with van der Waals surface area (Å²) in [6, 6.07) is 19.6. The van der Waals surface area contributed by atoms with E-state index < -0.39 is 0 Å². The van der Waals surface area contributed by atoms with Crippen molar-refractivity contribution in [1.29, 1.82) is 0 Å². The average Bonchev–Trinajstić information content (AvgIpc) is 2.83. The van der Waals surface area contributed by atoms with Gasteiger partial charge in [-0.05, 0) is 49.4 Å². The highest BCUT2D eigenvalue weighted by atomic mass is 16.1. The van der Waals surface area contributed by atoms with Gasteiger partial charge in [0.1, 0.15) is 0 Å². The van der Waals surface area contributed by atoms with Crippen molar-refractivity contribution < 1.29 is 4.79 Å². The maximum atomic E-state index is 12.2. The second-order valence-electron chi connectivity index (χ2n) is 9.10. The first-order valence-electron chi connectivity index (χ1n) is 12.1. The van der Waals surface area contributed by atoms with Crippen LogP contribution in [0.3, 0.4) is 0 Å². The van der Waals surface area contributed by atoms with Gasteiger partial charge in [-0.15, -0.1) is 0 Å². The molecule has 1 heterocycles. The van der Waals surface area contributed by atoms with Crippen LogP contribution in [0.1, 0.15) is 51.2 Å². The van der Waals surface area contributed by atoms with Crippen molar-refractivity contribution in [2.45, 2.75) is 65.2 Å². The molecule has 2 aromatic carbocycles. The molecule has 3 rings (SSSR count). The summed E-state index contributed by atoms with van der Waals surface area (Å²) in [5.74, 6) is 0.891. The summed E-state index contributed by atoms with van der Waals surface area (Å²) in [5, 5.41) is 10.0. The fourth-order valence-corrected chi connectivity index (χ4v) is 4.19. The van der Waals surface area contributed by atoms with E-state index in [1.54, 1.807) is 0 Å². The summed E-state index contributed by atoms with van der Waals surface area (Å²) >= 11 is 0. The number of benzene rings is 2.